The number of methoxy groups -OCH3 is 1. The molecule has 0 N–H and O–H groups in total. The summed E-state index contributed by atoms with van der Waals surface area (Å²) in [7, 11) is 1.18. The Kier molecular flexibility index (Phi) is 3.53. The molecule has 0 aliphatic heterocycles. The maximum atomic E-state index is 11.2. The minimum absolute atomic E-state index is 0.661. The first-order valence-corrected chi connectivity index (χ1v) is 5.50. The van der Waals surface area contributed by atoms with E-state index in [1.165, 1.54) is 13.2 Å². The van der Waals surface area contributed by atoms with Crippen LogP contribution in [-0.2, 0) is 14.3 Å². The van der Waals surface area contributed by atoms with Crippen LogP contribution < -0.4 is 0 Å². The highest BCUT2D eigenvalue weighted by atomic mass is 16.5. The number of hydrogen-bond acceptors (Lipinski definition) is 3. The third-order valence-electron chi connectivity index (χ3n) is 2.59. The smallest absolute Gasteiger partial charge is 0.378 e. The fourth-order valence-corrected chi connectivity index (χ4v) is 1.65. The SMILES string of the molecule is COC(=O)C(=O)/C=C/c1ccc2ccccc2c1. The van der Waals surface area contributed by atoms with Crippen molar-refractivity contribution < 1.29 is 14.3 Å². The van der Waals surface area contributed by atoms with Gasteiger partial charge in [-0.15, -0.1) is 0 Å². The Balaban J connectivity index is 2.24. The van der Waals surface area contributed by atoms with Crippen molar-refractivity contribution in [2.24, 2.45) is 0 Å². The fraction of sp³-hybridized carbons (Fsp3) is 0.0667. The Morgan fingerprint density at radius 3 is 2.50 bits per heavy atom. The Morgan fingerprint density at radius 1 is 1.06 bits per heavy atom. The third kappa shape index (κ3) is 2.63. The molecular formula is C15H12O3. The molecule has 0 atom stereocenters. The van der Waals surface area contributed by atoms with E-state index in [2.05, 4.69) is 4.74 Å². The van der Waals surface area contributed by atoms with Gasteiger partial charge in [0.05, 0.1) is 7.11 Å². The molecular weight excluding hydrogens is 228 g/mol. The lowest BCUT2D eigenvalue weighted by Gasteiger charge is -1.98. The summed E-state index contributed by atoms with van der Waals surface area (Å²) >= 11 is 0. The van der Waals surface area contributed by atoms with Gasteiger partial charge >= 0.3 is 5.97 Å². The van der Waals surface area contributed by atoms with E-state index in [0.29, 0.717) is 0 Å². The van der Waals surface area contributed by atoms with Crippen LogP contribution in [0, 0.1) is 0 Å². The Bertz CT molecular complexity index is 626. The second-order valence-corrected chi connectivity index (χ2v) is 3.80. The van der Waals surface area contributed by atoms with Gasteiger partial charge < -0.3 is 4.74 Å². The van der Waals surface area contributed by atoms with Crippen molar-refractivity contribution in [3.05, 3.63) is 54.1 Å². The molecule has 0 amide bonds. The van der Waals surface area contributed by atoms with E-state index in [0.717, 1.165) is 16.3 Å². The van der Waals surface area contributed by atoms with Crippen molar-refractivity contribution in [2.45, 2.75) is 0 Å². The molecule has 0 heterocycles. The lowest BCUT2D eigenvalue weighted by molar-refractivity contribution is -0.149. The van der Waals surface area contributed by atoms with Crippen molar-refractivity contribution in [1.82, 2.24) is 0 Å². The normalized spacial score (nSPS) is 10.7. The van der Waals surface area contributed by atoms with Gasteiger partial charge in [-0.1, -0.05) is 42.5 Å². The molecule has 0 bridgehead atoms. The molecule has 0 fully saturated rings. The van der Waals surface area contributed by atoms with Gasteiger partial charge in [-0.3, -0.25) is 4.79 Å². The number of benzene rings is 2. The van der Waals surface area contributed by atoms with Crippen LogP contribution in [0.1, 0.15) is 5.56 Å². The van der Waals surface area contributed by atoms with Gasteiger partial charge in [-0.25, -0.2) is 4.79 Å². The lowest BCUT2D eigenvalue weighted by Crippen LogP contribution is -2.12. The van der Waals surface area contributed by atoms with Crippen molar-refractivity contribution in [3.63, 3.8) is 0 Å². The number of hydrogen-bond donors (Lipinski definition) is 0. The summed E-state index contributed by atoms with van der Waals surface area (Å²) in [6.07, 6.45) is 2.82. The standard InChI is InChI=1S/C15H12O3/c1-18-15(17)14(16)9-7-11-6-8-12-4-2-3-5-13(12)10-11/h2-10H,1H3/b9-7+. The predicted octanol–water partition coefficient (Wildman–Crippen LogP) is 2.60. The number of carbonyl (C=O) groups is 2. The largest absolute Gasteiger partial charge is 0.463 e. The number of carbonyl (C=O) groups excluding carboxylic acids is 2. The second-order valence-electron chi connectivity index (χ2n) is 3.80. The van der Waals surface area contributed by atoms with Gasteiger partial charge in [0.25, 0.3) is 5.78 Å². The minimum atomic E-state index is -0.855. The fourth-order valence-electron chi connectivity index (χ4n) is 1.65. The van der Waals surface area contributed by atoms with Gasteiger partial charge in [-0.05, 0) is 28.5 Å². The van der Waals surface area contributed by atoms with Crippen LogP contribution >= 0.6 is 0 Å². The van der Waals surface area contributed by atoms with Crippen LogP contribution in [-0.4, -0.2) is 18.9 Å². The average Bonchev–Trinajstić information content (AvgIpc) is 2.43. The first-order chi connectivity index (χ1) is 8.70. The highest BCUT2D eigenvalue weighted by molar-refractivity contribution is 6.39. The zero-order valence-electron chi connectivity index (χ0n) is 9.92. The molecule has 3 heteroatoms. The average molecular weight is 240 g/mol. The van der Waals surface area contributed by atoms with Crippen molar-refractivity contribution in [3.8, 4) is 0 Å². The quantitative estimate of drug-likeness (QED) is 0.470. The predicted molar refractivity (Wildman–Crippen MR) is 70.0 cm³/mol. The monoisotopic (exact) mass is 240 g/mol. The van der Waals surface area contributed by atoms with E-state index < -0.39 is 11.8 Å². The first-order valence-electron chi connectivity index (χ1n) is 5.50. The number of ketones is 1. The van der Waals surface area contributed by atoms with Crippen molar-refractivity contribution in [2.75, 3.05) is 7.11 Å². The molecule has 0 aliphatic carbocycles. The molecule has 2 aromatic carbocycles. The lowest BCUT2D eigenvalue weighted by atomic mass is 10.1. The van der Waals surface area contributed by atoms with Crippen LogP contribution in [0.2, 0.25) is 0 Å². The summed E-state index contributed by atoms with van der Waals surface area (Å²) in [5, 5.41) is 2.22. The van der Waals surface area contributed by atoms with Crippen LogP contribution in [0.15, 0.2) is 48.5 Å². The van der Waals surface area contributed by atoms with E-state index in [4.69, 9.17) is 0 Å². The summed E-state index contributed by atoms with van der Waals surface area (Å²) in [5.74, 6) is -1.52. The maximum absolute atomic E-state index is 11.2. The zero-order chi connectivity index (χ0) is 13.0. The number of ether oxygens (including phenoxy) is 1. The summed E-state index contributed by atoms with van der Waals surface area (Å²) in [5.41, 5.74) is 0.867. The van der Waals surface area contributed by atoms with Gasteiger partial charge in [0.2, 0.25) is 0 Å². The van der Waals surface area contributed by atoms with E-state index in [1.54, 1.807) is 6.08 Å². The first kappa shape index (κ1) is 12.0. The van der Waals surface area contributed by atoms with Crippen molar-refractivity contribution in [1.29, 1.82) is 0 Å². The van der Waals surface area contributed by atoms with E-state index >= 15 is 0 Å². The van der Waals surface area contributed by atoms with Gasteiger partial charge in [0.1, 0.15) is 0 Å². The summed E-state index contributed by atoms with van der Waals surface area (Å²) in [6.45, 7) is 0. The molecule has 2 aromatic rings. The molecule has 18 heavy (non-hydrogen) atoms. The van der Waals surface area contributed by atoms with Crippen LogP contribution in [0.4, 0.5) is 0 Å². The molecule has 0 saturated heterocycles. The molecule has 3 nitrogen and oxygen atoms in total. The molecule has 2 rings (SSSR count). The number of fused-ring (bicyclic) bond motifs is 1. The summed E-state index contributed by atoms with van der Waals surface area (Å²) < 4.78 is 4.33. The molecule has 0 spiro atoms. The van der Waals surface area contributed by atoms with E-state index in [9.17, 15) is 9.59 Å². The van der Waals surface area contributed by atoms with E-state index in [-0.39, 0.29) is 0 Å². The van der Waals surface area contributed by atoms with Gasteiger partial charge in [0.15, 0.2) is 0 Å². The van der Waals surface area contributed by atoms with Crippen molar-refractivity contribution >= 4 is 28.6 Å². The number of rotatable bonds is 3. The Labute approximate surface area is 105 Å². The Hall–Kier alpha value is -2.42. The molecule has 90 valence electrons. The third-order valence-corrected chi connectivity index (χ3v) is 2.59. The van der Waals surface area contributed by atoms with Crippen LogP contribution in [0.25, 0.3) is 16.8 Å². The van der Waals surface area contributed by atoms with Crippen LogP contribution in [0.3, 0.4) is 0 Å². The topological polar surface area (TPSA) is 43.4 Å². The summed E-state index contributed by atoms with van der Waals surface area (Å²) in [6, 6.07) is 13.8. The Morgan fingerprint density at radius 2 is 1.78 bits per heavy atom. The highest BCUT2D eigenvalue weighted by Crippen LogP contribution is 2.16. The van der Waals surface area contributed by atoms with Gasteiger partial charge in [0, 0.05) is 0 Å². The molecule has 0 aliphatic rings. The molecule has 0 radical (unpaired) electrons. The molecule has 0 aromatic heterocycles. The van der Waals surface area contributed by atoms with Gasteiger partial charge in [-0.2, -0.15) is 0 Å². The minimum Gasteiger partial charge on any atom is -0.463 e. The summed E-state index contributed by atoms with van der Waals surface area (Å²) in [4.78, 5) is 22.2. The molecule has 0 unspecified atom stereocenters. The maximum Gasteiger partial charge on any atom is 0.378 e. The zero-order valence-corrected chi connectivity index (χ0v) is 9.92. The second kappa shape index (κ2) is 5.27. The highest BCUT2D eigenvalue weighted by Gasteiger charge is 2.08. The van der Waals surface area contributed by atoms with Crippen LogP contribution in [0.5, 0.6) is 0 Å². The van der Waals surface area contributed by atoms with E-state index in [1.807, 2.05) is 42.5 Å². The number of esters is 1. The molecule has 0 saturated carbocycles.